The van der Waals surface area contributed by atoms with Gasteiger partial charge in [0.2, 0.25) is 5.91 Å². The van der Waals surface area contributed by atoms with Gasteiger partial charge in [-0.05, 0) is 18.6 Å². The first kappa shape index (κ1) is 10.5. The minimum atomic E-state index is 0.0432. The highest BCUT2D eigenvalue weighted by Gasteiger charge is 2.17. The number of carbonyl (C=O) groups excluding carboxylic acids is 1. The van der Waals surface area contributed by atoms with Crippen LogP contribution in [0.2, 0.25) is 0 Å². The van der Waals surface area contributed by atoms with E-state index in [-0.39, 0.29) is 5.91 Å². The molecule has 4 nitrogen and oxygen atoms in total. The van der Waals surface area contributed by atoms with Crippen molar-refractivity contribution < 1.29 is 9.53 Å². The molecular weight excluding hydrogens is 204 g/mol. The molecule has 82 valence electrons. The summed E-state index contributed by atoms with van der Waals surface area (Å²) in [7, 11) is 0. The van der Waals surface area contributed by atoms with Gasteiger partial charge in [0.15, 0.2) is 0 Å². The molecule has 0 radical (unpaired) electrons. The minimum absolute atomic E-state index is 0.0432. The van der Waals surface area contributed by atoms with Crippen LogP contribution < -0.4 is 10.1 Å². The van der Waals surface area contributed by atoms with Crippen molar-refractivity contribution >= 4 is 11.6 Å². The van der Waals surface area contributed by atoms with Crippen LogP contribution in [0.5, 0.6) is 5.75 Å². The van der Waals surface area contributed by atoms with E-state index in [9.17, 15) is 4.79 Å². The summed E-state index contributed by atoms with van der Waals surface area (Å²) >= 11 is 0. The molecule has 1 aromatic rings. The van der Waals surface area contributed by atoms with Gasteiger partial charge in [0.25, 0.3) is 0 Å². The van der Waals surface area contributed by atoms with Gasteiger partial charge >= 0.3 is 0 Å². The maximum absolute atomic E-state index is 11.2. The summed E-state index contributed by atoms with van der Waals surface area (Å²) in [6.07, 6.45) is 1.56. The SMILES string of the molecule is N#CCCOc1cccc2c1CCC(=O)N2. The first-order valence-electron chi connectivity index (χ1n) is 5.23. The predicted octanol–water partition coefficient (Wildman–Crippen LogP) is 1.86. The molecule has 1 amide bonds. The van der Waals surface area contributed by atoms with Crippen molar-refractivity contribution in [1.82, 2.24) is 0 Å². The van der Waals surface area contributed by atoms with Crippen molar-refractivity contribution in [3.8, 4) is 11.8 Å². The lowest BCUT2D eigenvalue weighted by atomic mass is 10.0. The smallest absolute Gasteiger partial charge is 0.224 e. The zero-order valence-corrected chi connectivity index (χ0v) is 8.82. The summed E-state index contributed by atoms with van der Waals surface area (Å²) in [5.74, 6) is 0.814. The van der Waals surface area contributed by atoms with Crippen LogP contribution in [0.3, 0.4) is 0 Å². The monoisotopic (exact) mass is 216 g/mol. The fourth-order valence-electron chi connectivity index (χ4n) is 1.73. The topological polar surface area (TPSA) is 62.1 Å². The second kappa shape index (κ2) is 4.67. The van der Waals surface area contributed by atoms with E-state index in [4.69, 9.17) is 10.00 Å². The van der Waals surface area contributed by atoms with Crippen LogP contribution in [-0.4, -0.2) is 12.5 Å². The van der Waals surface area contributed by atoms with Crippen LogP contribution in [0.25, 0.3) is 0 Å². The Kier molecular flexibility index (Phi) is 3.06. The maximum atomic E-state index is 11.2. The first-order valence-corrected chi connectivity index (χ1v) is 5.23. The molecule has 0 spiro atoms. The van der Waals surface area contributed by atoms with Crippen molar-refractivity contribution in [2.75, 3.05) is 11.9 Å². The van der Waals surface area contributed by atoms with Crippen molar-refractivity contribution in [2.45, 2.75) is 19.3 Å². The van der Waals surface area contributed by atoms with E-state index in [1.165, 1.54) is 0 Å². The molecule has 0 fully saturated rings. The third-order valence-corrected chi connectivity index (χ3v) is 2.48. The Balaban J connectivity index is 2.17. The number of carbonyl (C=O) groups is 1. The Hall–Kier alpha value is -2.02. The van der Waals surface area contributed by atoms with Crippen LogP contribution in [0, 0.1) is 11.3 Å². The van der Waals surface area contributed by atoms with E-state index in [1.807, 2.05) is 24.3 Å². The number of ether oxygens (including phenoxy) is 1. The van der Waals surface area contributed by atoms with Gasteiger partial charge in [0.1, 0.15) is 12.4 Å². The number of fused-ring (bicyclic) bond motifs is 1. The third kappa shape index (κ3) is 2.14. The zero-order chi connectivity index (χ0) is 11.4. The van der Waals surface area contributed by atoms with Gasteiger partial charge < -0.3 is 10.1 Å². The van der Waals surface area contributed by atoms with Crippen molar-refractivity contribution in [3.63, 3.8) is 0 Å². The van der Waals surface area contributed by atoms with Gasteiger partial charge in [-0.1, -0.05) is 6.07 Å². The molecule has 0 aromatic heterocycles. The molecule has 0 atom stereocenters. The van der Waals surface area contributed by atoms with Crippen molar-refractivity contribution in [2.24, 2.45) is 0 Å². The van der Waals surface area contributed by atoms with Gasteiger partial charge in [-0.3, -0.25) is 4.79 Å². The van der Waals surface area contributed by atoms with Crippen LogP contribution in [0.15, 0.2) is 18.2 Å². The van der Waals surface area contributed by atoms with Crippen molar-refractivity contribution in [1.29, 1.82) is 5.26 Å². The Morgan fingerprint density at radius 1 is 1.44 bits per heavy atom. The highest BCUT2D eigenvalue weighted by atomic mass is 16.5. The van der Waals surface area contributed by atoms with E-state index in [2.05, 4.69) is 5.32 Å². The van der Waals surface area contributed by atoms with Gasteiger partial charge in [0, 0.05) is 17.7 Å². The Morgan fingerprint density at radius 3 is 3.12 bits per heavy atom. The molecule has 0 saturated heterocycles. The molecule has 1 heterocycles. The maximum Gasteiger partial charge on any atom is 0.224 e. The predicted molar refractivity (Wildman–Crippen MR) is 59.1 cm³/mol. The lowest BCUT2D eigenvalue weighted by molar-refractivity contribution is -0.116. The number of amides is 1. The highest BCUT2D eigenvalue weighted by molar-refractivity contribution is 5.94. The van der Waals surface area contributed by atoms with Gasteiger partial charge in [-0.25, -0.2) is 0 Å². The Morgan fingerprint density at radius 2 is 2.31 bits per heavy atom. The van der Waals surface area contributed by atoms with Crippen LogP contribution >= 0.6 is 0 Å². The van der Waals surface area contributed by atoms with E-state index in [1.54, 1.807) is 0 Å². The number of nitrogens with zero attached hydrogens (tertiary/aromatic N) is 1. The van der Waals surface area contributed by atoms with Crippen LogP contribution in [-0.2, 0) is 11.2 Å². The van der Waals surface area contributed by atoms with Gasteiger partial charge in [0.05, 0.1) is 12.5 Å². The molecule has 1 aromatic carbocycles. The molecule has 1 N–H and O–H groups in total. The molecule has 1 aliphatic rings. The quantitative estimate of drug-likeness (QED) is 0.784. The number of nitrogens with one attached hydrogen (secondary N) is 1. The number of rotatable bonds is 3. The van der Waals surface area contributed by atoms with Gasteiger partial charge in [-0.15, -0.1) is 0 Å². The third-order valence-electron chi connectivity index (χ3n) is 2.48. The van der Waals surface area contributed by atoms with E-state index < -0.39 is 0 Å². The van der Waals surface area contributed by atoms with E-state index in [0.29, 0.717) is 25.9 Å². The van der Waals surface area contributed by atoms with Crippen LogP contribution in [0.1, 0.15) is 18.4 Å². The molecule has 16 heavy (non-hydrogen) atoms. The summed E-state index contributed by atoms with van der Waals surface area (Å²) < 4.78 is 5.51. The lowest BCUT2D eigenvalue weighted by Gasteiger charge is -2.19. The molecule has 0 unspecified atom stereocenters. The zero-order valence-electron chi connectivity index (χ0n) is 8.82. The van der Waals surface area contributed by atoms with E-state index in [0.717, 1.165) is 17.0 Å². The van der Waals surface area contributed by atoms with Crippen LogP contribution in [0.4, 0.5) is 5.69 Å². The lowest BCUT2D eigenvalue weighted by Crippen LogP contribution is -2.19. The summed E-state index contributed by atoms with van der Waals surface area (Å²) in [4.78, 5) is 11.2. The molecule has 0 bridgehead atoms. The molecular formula is C12H12N2O2. The molecule has 0 saturated carbocycles. The number of benzene rings is 1. The number of nitriles is 1. The number of hydrogen-bond acceptors (Lipinski definition) is 3. The highest BCUT2D eigenvalue weighted by Crippen LogP contribution is 2.30. The molecule has 1 aliphatic heterocycles. The Labute approximate surface area is 93.8 Å². The fourth-order valence-corrected chi connectivity index (χ4v) is 1.73. The molecule has 0 aliphatic carbocycles. The summed E-state index contributed by atoms with van der Waals surface area (Å²) in [5.41, 5.74) is 1.85. The first-order chi connectivity index (χ1) is 7.81. The summed E-state index contributed by atoms with van der Waals surface area (Å²) in [5, 5.41) is 11.2. The summed E-state index contributed by atoms with van der Waals surface area (Å²) in [6, 6.07) is 7.60. The second-order valence-corrected chi connectivity index (χ2v) is 3.59. The normalized spacial score (nSPS) is 13.6. The molecule has 4 heteroatoms. The fraction of sp³-hybridized carbons (Fsp3) is 0.333. The summed E-state index contributed by atoms with van der Waals surface area (Å²) in [6.45, 7) is 0.390. The van der Waals surface area contributed by atoms with Crippen molar-refractivity contribution in [3.05, 3.63) is 23.8 Å². The van der Waals surface area contributed by atoms with E-state index >= 15 is 0 Å². The number of anilines is 1. The Bertz CT molecular complexity index is 449. The number of hydrogen-bond donors (Lipinski definition) is 1. The largest absolute Gasteiger partial charge is 0.492 e. The minimum Gasteiger partial charge on any atom is -0.492 e. The average molecular weight is 216 g/mol. The van der Waals surface area contributed by atoms with Gasteiger partial charge in [-0.2, -0.15) is 5.26 Å². The molecule has 2 rings (SSSR count). The average Bonchev–Trinajstić information content (AvgIpc) is 2.29. The standard InChI is InChI=1S/C12H12N2O2/c13-7-2-8-16-11-4-1-3-10-9(11)5-6-12(15)14-10/h1,3-4H,2,5-6,8H2,(H,14,15). The second-order valence-electron chi connectivity index (χ2n) is 3.59.